The van der Waals surface area contributed by atoms with E-state index in [2.05, 4.69) is 103 Å². The van der Waals surface area contributed by atoms with Gasteiger partial charge in [-0.15, -0.1) is 0 Å². The van der Waals surface area contributed by atoms with Crippen LogP contribution in [0, 0.1) is 0 Å². The Hall–Kier alpha value is -5.10. The van der Waals surface area contributed by atoms with Crippen LogP contribution in [0.4, 0.5) is 0 Å². The molecular formula is C40H38NO6P. The Kier molecular flexibility index (Phi) is 8.65. The molecule has 0 saturated heterocycles. The van der Waals surface area contributed by atoms with Crippen LogP contribution in [0.2, 0.25) is 0 Å². The van der Waals surface area contributed by atoms with Gasteiger partial charge in [0.2, 0.25) is 0 Å². The van der Waals surface area contributed by atoms with Crippen molar-refractivity contribution in [2.24, 2.45) is 0 Å². The molecule has 0 radical (unpaired) electrons. The minimum Gasteiger partial charge on any atom is -0.493 e. The van der Waals surface area contributed by atoms with Crippen molar-refractivity contribution >= 4 is 51.6 Å². The Balaban J connectivity index is 1.55. The molecule has 48 heavy (non-hydrogen) atoms. The zero-order valence-electron chi connectivity index (χ0n) is 27.9. The van der Waals surface area contributed by atoms with Crippen molar-refractivity contribution in [1.29, 1.82) is 0 Å². The normalized spacial score (nSPS) is 12.8. The molecular weight excluding hydrogens is 621 g/mol. The van der Waals surface area contributed by atoms with Gasteiger partial charge in [-0.3, -0.25) is 0 Å². The van der Waals surface area contributed by atoms with E-state index in [0.29, 0.717) is 23.0 Å². The van der Waals surface area contributed by atoms with Gasteiger partial charge in [0, 0.05) is 22.9 Å². The summed E-state index contributed by atoms with van der Waals surface area (Å²) in [5.41, 5.74) is 3.60. The average molecular weight is 660 g/mol. The lowest BCUT2D eigenvalue weighted by atomic mass is 9.99. The lowest BCUT2D eigenvalue weighted by Crippen LogP contribution is -2.27. The van der Waals surface area contributed by atoms with E-state index in [0.717, 1.165) is 54.6 Å². The molecule has 0 aliphatic heterocycles. The highest BCUT2D eigenvalue weighted by molar-refractivity contribution is 7.39. The number of rotatable bonds is 9. The number of methoxy groups -OCH3 is 4. The second-order valence-electron chi connectivity index (χ2n) is 11.7. The summed E-state index contributed by atoms with van der Waals surface area (Å²) in [4.78, 5) is 0. The molecule has 0 amide bonds. The van der Waals surface area contributed by atoms with Gasteiger partial charge < -0.3 is 27.3 Å². The second-order valence-corrected chi connectivity index (χ2v) is 13.0. The number of benzene rings is 6. The van der Waals surface area contributed by atoms with Gasteiger partial charge in [0.05, 0.1) is 28.4 Å². The Morgan fingerprint density at radius 2 is 0.917 bits per heavy atom. The predicted octanol–water partition coefficient (Wildman–Crippen LogP) is 11.1. The number of hydrogen-bond acceptors (Lipinski definition) is 7. The van der Waals surface area contributed by atoms with Crippen molar-refractivity contribution < 1.29 is 27.3 Å². The van der Waals surface area contributed by atoms with E-state index in [4.69, 9.17) is 27.3 Å². The van der Waals surface area contributed by atoms with Crippen LogP contribution in [-0.4, -0.2) is 28.4 Å². The van der Waals surface area contributed by atoms with Crippen molar-refractivity contribution in [3.05, 3.63) is 120 Å². The quantitative estimate of drug-likeness (QED) is 0.153. The lowest BCUT2D eigenvalue weighted by Gasteiger charge is -2.32. The molecule has 0 saturated carbocycles. The molecule has 6 aromatic carbocycles. The van der Waals surface area contributed by atoms with E-state index in [9.17, 15) is 0 Å². The Bertz CT molecular complexity index is 2160. The van der Waals surface area contributed by atoms with Gasteiger partial charge in [-0.1, -0.05) is 72.8 Å². The Morgan fingerprint density at radius 1 is 0.500 bits per heavy atom. The largest absolute Gasteiger partial charge is 0.493 e. The van der Waals surface area contributed by atoms with Crippen LogP contribution >= 0.6 is 8.16 Å². The van der Waals surface area contributed by atoms with Gasteiger partial charge in [-0.2, -0.15) is 4.67 Å². The van der Waals surface area contributed by atoms with Gasteiger partial charge >= 0.3 is 8.16 Å². The Labute approximate surface area is 280 Å². The van der Waals surface area contributed by atoms with Crippen LogP contribution in [0.1, 0.15) is 37.1 Å². The molecule has 0 unspecified atom stereocenters. The summed E-state index contributed by atoms with van der Waals surface area (Å²) < 4.78 is 39.1. The molecule has 1 heterocycles. The SMILES string of the molecule is COc1ccc([C@@H](C)N([C@H](C)c2ccc(OC)c(OC)c2)p2oc3ccc4ccccc4c3c3c(ccc4ccccc43)o2)cc1OC. The second kappa shape index (κ2) is 13.2. The average Bonchev–Trinajstić information content (AvgIpc) is 3.31. The predicted molar refractivity (Wildman–Crippen MR) is 195 cm³/mol. The molecule has 0 N–H and O–H groups in total. The molecule has 7 rings (SSSR count). The van der Waals surface area contributed by atoms with Crippen LogP contribution in [0.25, 0.3) is 43.5 Å². The summed E-state index contributed by atoms with van der Waals surface area (Å²) in [6.45, 7) is 4.34. The zero-order valence-corrected chi connectivity index (χ0v) is 28.8. The number of fused-ring (bicyclic) bond motifs is 7. The molecule has 0 bridgehead atoms. The third kappa shape index (κ3) is 5.49. The smallest absolute Gasteiger partial charge is 0.310 e. The third-order valence-electron chi connectivity index (χ3n) is 9.15. The summed E-state index contributed by atoms with van der Waals surface area (Å²) in [7, 11) is 4.86. The molecule has 0 aliphatic carbocycles. The first-order valence-electron chi connectivity index (χ1n) is 15.9. The first-order valence-corrected chi connectivity index (χ1v) is 17.0. The summed E-state index contributed by atoms with van der Waals surface area (Å²) in [5, 5.41) is 6.56. The molecule has 0 spiro atoms. The van der Waals surface area contributed by atoms with E-state index in [-0.39, 0.29) is 12.1 Å². The fourth-order valence-corrected chi connectivity index (χ4v) is 8.30. The topological polar surface area (TPSA) is 66.4 Å². The van der Waals surface area contributed by atoms with E-state index in [1.165, 1.54) is 0 Å². The summed E-state index contributed by atoms with van der Waals surface area (Å²) in [6.07, 6.45) is 0. The number of ether oxygens (including phenoxy) is 4. The van der Waals surface area contributed by atoms with Crippen LogP contribution in [0.5, 0.6) is 23.0 Å². The lowest BCUT2D eigenvalue weighted by molar-refractivity contribution is 0.353. The molecule has 244 valence electrons. The molecule has 7 aromatic rings. The zero-order chi connectivity index (χ0) is 33.4. The maximum absolute atomic E-state index is 7.10. The van der Waals surface area contributed by atoms with Gasteiger partial charge in [-0.05, 0) is 82.9 Å². The summed E-state index contributed by atoms with van der Waals surface area (Å²) in [6, 6.07) is 37.0. The highest BCUT2D eigenvalue weighted by atomic mass is 31.1. The molecule has 7 nitrogen and oxygen atoms in total. The van der Waals surface area contributed by atoms with E-state index < -0.39 is 8.16 Å². The van der Waals surface area contributed by atoms with Crippen LogP contribution in [0.3, 0.4) is 0 Å². The highest BCUT2D eigenvalue weighted by Crippen LogP contribution is 2.49. The van der Waals surface area contributed by atoms with Crippen molar-refractivity contribution in [3.63, 3.8) is 0 Å². The van der Waals surface area contributed by atoms with E-state index in [1.54, 1.807) is 28.4 Å². The Morgan fingerprint density at radius 3 is 1.33 bits per heavy atom. The number of nitrogens with zero attached hydrogens (tertiary/aromatic N) is 1. The fourth-order valence-electron chi connectivity index (χ4n) is 6.60. The minimum absolute atomic E-state index is 0.176. The van der Waals surface area contributed by atoms with Gasteiger partial charge in [-0.25, -0.2) is 0 Å². The van der Waals surface area contributed by atoms with E-state index in [1.807, 2.05) is 24.3 Å². The maximum atomic E-state index is 7.10. The van der Waals surface area contributed by atoms with Crippen LogP contribution < -0.4 is 23.6 Å². The van der Waals surface area contributed by atoms with Crippen molar-refractivity contribution in [3.8, 4) is 23.0 Å². The molecule has 0 fully saturated rings. The maximum Gasteiger partial charge on any atom is 0.310 e. The van der Waals surface area contributed by atoms with Crippen molar-refractivity contribution in [1.82, 2.24) is 0 Å². The highest BCUT2D eigenvalue weighted by Gasteiger charge is 2.30. The minimum atomic E-state index is -1.73. The van der Waals surface area contributed by atoms with Gasteiger partial charge in [0.15, 0.2) is 23.0 Å². The van der Waals surface area contributed by atoms with Crippen molar-refractivity contribution in [2.45, 2.75) is 25.9 Å². The van der Waals surface area contributed by atoms with Crippen LogP contribution in [0.15, 0.2) is 118 Å². The van der Waals surface area contributed by atoms with Crippen molar-refractivity contribution in [2.75, 3.05) is 33.1 Å². The standard InChI is InChI=1S/C40H38NO6P/c1-25(29-17-19-33(42-3)37(23-29)44-5)41(26(2)30-18-20-34(43-4)38(24-30)45-6)48-46-35-21-15-27-11-7-9-13-31(27)39(35)40-32-14-10-8-12-28(32)16-22-36(40)47-48/h7-26H,1-6H3/t25-,26-/m1/s1. The summed E-state index contributed by atoms with van der Waals surface area (Å²) >= 11 is 0. The first-order chi connectivity index (χ1) is 23.4. The van der Waals surface area contributed by atoms with Gasteiger partial charge in [0.25, 0.3) is 0 Å². The number of hydrogen-bond donors (Lipinski definition) is 0. The van der Waals surface area contributed by atoms with Crippen LogP contribution in [-0.2, 0) is 0 Å². The molecule has 1 aromatic heterocycles. The first kappa shape index (κ1) is 31.5. The van der Waals surface area contributed by atoms with E-state index >= 15 is 0 Å². The molecule has 8 heteroatoms. The molecule has 2 atom stereocenters. The monoisotopic (exact) mass is 659 g/mol. The molecule has 0 aliphatic rings. The van der Waals surface area contributed by atoms with Gasteiger partial charge in [0.1, 0.15) is 11.2 Å². The third-order valence-corrected chi connectivity index (χ3v) is 10.9. The summed E-state index contributed by atoms with van der Waals surface area (Å²) in [5.74, 6) is 2.65. The fraction of sp³-hybridized carbons (Fsp3) is 0.200.